The Morgan fingerprint density at radius 3 is 2.69 bits per heavy atom. The average molecular weight is 552 g/mol. The molecular weight excluding hydrogens is 521 g/mol. The third-order valence-corrected chi connectivity index (χ3v) is 7.97. The van der Waals surface area contributed by atoms with Crippen LogP contribution < -0.4 is 22.5 Å². The minimum Gasteiger partial charge on any atom is -0.385 e. The van der Waals surface area contributed by atoms with Gasteiger partial charge in [-0.1, -0.05) is 24.6 Å². The number of anilines is 1. The third-order valence-electron chi connectivity index (χ3n) is 7.59. The van der Waals surface area contributed by atoms with E-state index in [2.05, 4.69) is 15.4 Å². The molecule has 204 valence electrons. The summed E-state index contributed by atoms with van der Waals surface area (Å²) in [4.78, 5) is 30.5. The number of aryl methyl sites for hydroxylation is 2. The lowest BCUT2D eigenvalue weighted by molar-refractivity contribution is -0.120. The number of nitrogens with one attached hydrogen (secondary N) is 1. The summed E-state index contributed by atoms with van der Waals surface area (Å²) in [5, 5.41) is 8.03. The highest BCUT2D eigenvalue weighted by molar-refractivity contribution is 6.31. The molecule has 0 aliphatic heterocycles. The number of aromatic nitrogens is 2. The van der Waals surface area contributed by atoms with E-state index in [9.17, 15) is 9.59 Å². The zero-order valence-electron chi connectivity index (χ0n) is 22.3. The van der Waals surface area contributed by atoms with E-state index in [0.29, 0.717) is 34.0 Å². The van der Waals surface area contributed by atoms with Crippen molar-refractivity contribution < 1.29 is 9.18 Å². The Labute approximate surface area is 230 Å². The number of nitrogens with two attached hydrogens (primary N) is 2. The normalized spacial score (nSPS) is 19.5. The Kier molecular flexibility index (Phi) is 6.72. The maximum Gasteiger partial charge on any atom is 0.274 e. The Balaban J connectivity index is 1.50. The van der Waals surface area contributed by atoms with Gasteiger partial charge in [-0.2, -0.15) is 0 Å². The predicted octanol–water partition coefficient (Wildman–Crippen LogP) is 4.23. The van der Waals surface area contributed by atoms with E-state index in [1.54, 1.807) is 31.4 Å². The summed E-state index contributed by atoms with van der Waals surface area (Å²) in [6.45, 7) is 5.50. The fourth-order valence-electron chi connectivity index (χ4n) is 4.84. The summed E-state index contributed by atoms with van der Waals surface area (Å²) in [7, 11) is 1.58. The highest BCUT2D eigenvalue weighted by Gasteiger charge is 2.45. The molecule has 2 aromatic heterocycles. The Hall–Kier alpha value is -3.76. The van der Waals surface area contributed by atoms with Crippen LogP contribution in [-0.2, 0) is 4.79 Å². The van der Waals surface area contributed by atoms with Gasteiger partial charge in [0.05, 0.1) is 17.1 Å². The van der Waals surface area contributed by atoms with Crippen LogP contribution in [0.1, 0.15) is 48.9 Å². The third kappa shape index (κ3) is 5.02. The van der Waals surface area contributed by atoms with E-state index >= 15 is 4.39 Å². The van der Waals surface area contributed by atoms with E-state index < -0.39 is 11.2 Å². The van der Waals surface area contributed by atoms with Gasteiger partial charge < -0.3 is 11.1 Å². The molecule has 0 radical (unpaired) electrons. The first kappa shape index (κ1) is 26.8. The zero-order chi connectivity index (χ0) is 28.2. The fraction of sp³-hybridized carbons (Fsp3) is 0.357. The number of amidine groups is 1. The Morgan fingerprint density at radius 1 is 1.31 bits per heavy atom. The first-order valence-electron chi connectivity index (χ1n) is 12.7. The first-order valence-corrected chi connectivity index (χ1v) is 13.1. The molecule has 5 rings (SSSR count). The van der Waals surface area contributed by atoms with Gasteiger partial charge in [-0.15, -0.1) is 5.10 Å². The summed E-state index contributed by atoms with van der Waals surface area (Å²) in [5.41, 5.74) is 8.49. The number of hydrazone groups is 1. The van der Waals surface area contributed by atoms with Gasteiger partial charge >= 0.3 is 0 Å². The number of hydrogen-bond acceptors (Lipinski definition) is 6. The lowest BCUT2D eigenvalue weighted by Crippen LogP contribution is -2.27. The summed E-state index contributed by atoms with van der Waals surface area (Å²) in [6, 6.07) is 8.32. The van der Waals surface area contributed by atoms with Gasteiger partial charge in [0, 0.05) is 35.8 Å². The number of carbonyl (C=O) groups excluding carboxylic acids is 1. The van der Waals surface area contributed by atoms with Crippen LogP contribution in [0, 0.1) is 31.0 Å². The summed E-state index contributed by atoms with van der Waals surface area (Å²) >= 11 is 6.61. The SMILES string of the molecule is Cc1cnc(-c2cccc(NC(=O)C3(C)CC3)c2F)cc1-n1c(C)cc(C2CC2/C(N)=N/N(C)N)c(Cl)c1=O. The molecule has 0 saturated heterocycles. The Bertz CT molecular complexity index is 1580. The number of halogens is 2. The van der Waals surface area contributed by atoms with E-state index in [1.807, 2.05) is 26.8 Å². The molecule has 11 heteroatoms. The number of carbonyl (C=O) groups is 1. The van der Waals surface area contributed by atoms with Gasteiger partial charge in [0.2, 0.25) is 5.91 Å². The molecule has 2 aliphatic carbocycles. The molecule has 2 unspecified atom stereocenters. The molecule has 9 nitrogen and oxygen atoms in total. The molecule has 1 amide bonds. The van der Waals surface area contributed by atoms with Crippen molar-refractivity contribution in [3.63, 3.8) is 0 Å². The molecule has 2 saturated carbocycles. The number of pyridine rings is 2. The quantitative estimate of drug-likeness (QED) is 0.174. The summed E-state index contributed by atoms with van der Waals surface area (Å²) in [5.74, 6) is 5.11. The standard InChI is InChI=1S/C28H31ClFN7O2/c1-14-13-33-21(16-6-5-7-20(24(16)30)34-27(39)28(3)8-9-28)12-22(14)37-15(2)10-18(23(29)26(37)38)17-11-19(17)25(31)35-36(4)32/h5-7,10,12-13,17,19H,8-9,11,32H2,1-4H3,(H2,31,35)(H,34,39). The molecule has 5 N–H and O–H groups in total. The zero-order valence-corrected chi connectivity index (χ0v) is 23.0. The van der Waals surface area contributed by atoms with Gasteiger partial charge in [-0.25, -0.2) is 15.4 Å². The monoisotopic (exact) mass is 551 g/mol. The maximum atomic E-state index is 15.5. The number of amides is 1. The van der Waals surface area contributed by atoms with Crippen LogP contribution in [0.4, 0.5) is 10.1 Å². The van der Waals surface area contributed by atoms with Crippen molar-refractivity contribution in [2.24, 2.45) is 28.0 Å². The molecule has 0 spiro atoms. The van der Waals surface area contributed by atoms with Crippen molar-refractivity contribution in [2.45, 2.75) is 46.0 Å². The summed E-state index contributed by atoms with van der Waals surface area (Å²) < 4.78 is 17.0. The molecule has 2 atom stereocenters. The van der Waals surface area contributed by atoms with Gasteiger partial charge in [0.15, 0.2) is 5.82 Å². The highest BCUT2D eigenvalue weighted by Crippen LogP contribution is 2.49. The molecule has 2 heterocycles. The smallest absolute Gasteiger partial charge is 0.274 e. The lowest BCUT2D eigenvalue weighted by Gasteiger charge is -2.17. The van der Waals surface area contributed by atoms with Gasteiger partial charge in [-0.05, 0) is 74.4 Å². The van der Waals surface area contributed by atoms with Gasteiger partial charge in [0.25, 0.3) is 5.56 Å². The fourth-order valence-corrected chi connectivity index (χ4v) is 5.12. The van der Waals surface area contributed by atoms with Crippen molar-refractivity contribution in [1.82, 2.24) is 14.7 Å². The molecule has 0 bridgehead atoms. The molecule has 1 aromatic carbocycles. The van der Waals surface area contributed by atoms with Crippen LogP contribution in [0.5, 0.6) is 0 Å². The van der Waals surface area contributed by atoms with Crippen molar-refractivity contribution >= 4 is 29.0 Å². The van der Waals surface area contributed by atoms with Crippen LogP contribution in [0.15, 0.2) is 46.4 Å². The average Bonchev–Trinajstić information content (AvgIpc) is 3.80. The van der Waals surface area contributed by atoms with E-state index in [4.69, 9.17) is 23.2 Å². The van der Waals surface area contributed by atoms with Crippen molar-refractivity contribution in [2.75, 3.05) is 12.4 Å². The van der Waals surface area contributed by atoms with E-state index in [-0.39, 0.29) is 39.6 Å². The maximum absolute atomic E-state index is 15.5. The molecule has 2 fully saturated rings. The Morgan fingerprint density at radius 2 is 2.03 bits per heavy atom. The first-order chi connectivity index (χ1) is 18.4. The van der Waals surface area contributed by atoms with Gasteiger partial charge in [0.1, 0.15) is 10.9 Å². The van der Waals surface area contributed by atoms with E-state index in [0.717, 1.165) is 24.4 Å². The second-order valence-electron chi connectivity index (χ2n) is 10.8. The number of hydrogen-bond donors (Lipinski definition) is 3. The van der Waals surface area contributed by atoms with Crippen molar-refractivity contribution in [1.29, 1.82) is 0 Å². The molecule has 3 aromatic rings. The second kappa shape index (κ2) is 9.77. The lowest BCUT2D eigenvalue weighted by atomic mass is 10.1. The van der Waals surface area contributed by atoms with Crippen LogP contribution >= 0.6 is 11.6 Å². The van der Waals surface area contributed by atoms with Crippen LogP contribution in [0.3, 0.4) is 0 Å². The van der Waals surface area contributed by atoms with Gasteiger partial charge in [-0.3, -0.25) is 19.1 Å². The second-order valence-corrected chi connectivity index (χ2v) is 11.2. The number of nitrogens with zero attached hydrogens (tertiary/aromatic N) is 4. The van der Waals surface area contributed by atoms with Crippen LogP contribution in [0.25, 0.3) is 16.9 Å². The minimum atomic E-state index is -0.586. The van der Waals surface area contributed by atoms with E-state index in [1.165, 1.54) is 10.6 Å². The number of rotatable bonds is 7. The molecule has 2 aliphatic rings. The largest absolute Gasteiger partial charge is 0.385 e. The molecule has 39 heavy (non-hydrogen) atoms. The predicted molar refractivity (Wildman–Crippen MR) is 150 cm³/mol. The molecular formula is C28H31ClFN7O2. The van der Waals surface area contributed by atoms with Crippen LogP contribution in [0.2, 0.25) is 5.02 Å². The number of benzene rings is 1. The van der Waals surface area contributed by atoms with Crippen molar-refractivity contribution in [3.8, 4) is 16.9 Å². The number of hydrazine groups is 1. The minimum absolute atomic E-state index is 0.0266. The van der Waals surface area contributed by atoms with Crippen molar-refractivity contribution in [3.05, 3.63) is 74.5 Å². The summed E-state index contributed by atoms with van der Waals surface area (Å²) in [6.07, 6.45) is 3.87. The highest BCUT2D eigenvalue weighted by atomic mass is 35.5. The topological polar surface area (TPSA) is 132 Å². The van der Waals surface area contributed by atoms with Crippen LogP contribution in [-0.4, -0.2) is 33.5 Å².